The van der Waals surface area contributed by atoms with Crippen molar-refractivity contribution in [3.63, 3.8) is 0 Å². The van der Waals surface area contributed by atoms with Gasteiger partial charge in [-0.05, 0) is 29.3 Å². The molecule has 0 saturated heterocycles. The smallest absolute Gasteiger partial charge is 0.226 e. The number of benzene rings is 2. The Hall–Kier alpha value is -3.10. The number of hydrogen-bond acceptors (Lipinski definition) is 7. The van der Waals surface area contributed by atoms with Gasteiger partial charge < -0.3 is 4.42 Å². The van der Waals surface area contributed by atoms with Gasteiger partial charge in [-0.25, -0.2) is 14.4 Å². The summed E-state index contributed by atoms with van der Waals surface area (Å²) in [6.07, 6.45) is 2.17. The van der Waals surface area contributed by atoms with Gasteiger partial charge in [-0.1, -0.05) is 54.2 Å². The van der Waals surface area contributed by atoms with Crippen LogP contribution in [0.1, 0.15) is 17.3 Å². The van der Waals surface area contributed by atoms with Crippen molar-refractivity contribution in [1.29, 1.82) is 0 Å². The van der Waals surface area contributed by atoms with Gasteiger partial charge in [-0.2, -0.15) is 0 Å². The van der Waals surface area contributed by atoms with E-state index in [-0.39, 0.29) is 5.82 Å². The van der Waals surface area contributed by atoms with Crippen molar-refractivity contribution >= 4 is 33.3 Å². The minimum atomic E-state index is -0.248. The molecule has 30 heavy (non-hydrogen) atoms. The Labute approximate surface area is 180 Å². The van der Waals surface area contributed by atoms with Crippen LogP contribution in [0, 0.1) is 5.82 Å². The van der Waals surface area contributed by atoms with Gasteiger partial charge >= 0.3 is 0 Å². The largest absolute Gasteiger partial charge is 0.424 e. The first kappa shape index (κ1) is 18.9. The molecule has 3 aromatic heterocycles. The fourth-order valence-electron chi connectivity index (χ4n) is 3.01. The van der Waals surface area contributed by atoms with Crippen molar-refractivity contribution < 1.29 is 8.81 Å². The van der Waals surface area contributed by atoms with E-state index in [4.69, 9.17) is 4.42 Å². The van der Waals surface area contributed by atoms with E-state index in [9.17, 15) is 4.39 Å². The lowest BCUT2D eigenvalue weighted by molar-refractivity contribution is 0.474. The highest BCUT2D eigenvalue weighted by Crippen LogP contribution is 2.37. The molecular formula is C22H15FN4OS2. The highest BCUT2D eigenvalue weighted by Gasteiger charge is 2.13. The monoisotopic (exact) mass is 434 g/mol. The second kappa shape index (κ2) is 8.33. The van der Waals surface area contributed by atoms with E-state index in [1.54, 1.807) is 29.8 Å². The molecule has 0 atom stereocenters. The van der Waals surface area contributed by atoms with Crippen LogP contribution in [0.25, 0.3) is 20.7 Å². The number of aromatic nitrogens is 4. The van der Waals surface area contributed by atoms with Gasteiger partial charge in [-0.3, -0.25) is 0 Å². The molecule has 0 aliphatic carbocycles. The molecule has 0 bridgehead atoms. The van der Waals surface area contributed by atoms with Crippen molar-refractivity contribution in [2.45, 2.75) is 17.2 Å². The third-order valence-corrected chi connectivity index (χ3v) is 6.73. The zero-order valence-electron chi connectivity index (χ0n) is 15.7. The Morgan fingerprint density at radius 2 is 1.73 bits per heavy atom. The van der Waals surface area contributed by atoms with Gasteiger partial charge in [0.1, 0.15) is 17.2 Å². The number of halogens is 1. The fraction of sp³-hybridized carbons (Fsp3) is 0.0909. The number of thioether (sulfide) groups is 1. The number of fused-ring (bicyclic) bond motifs is 1. The second-order valence-corrected chi connectivity index (χ2v) is 8.57. The van der Waals surface area contributed by atoms with Crippen LogP contribution in [0.2, 0.25) is 0 Å². The Balaban J connectivity index is 1.33. The highest BCUT2D eigenvalue weighted by atomic mass is 32.2. The van der Waals surface area contributed by atoms with E-state index in [0.717, 1.165) is 31.2 Å². The molecule has 5 nitrogen and oxygen atoms in total. The van der Waals surface area contributed by atoms with Crippen molar-refractivity contribution in [3.05, 3.63) is 90.2 Å². The van der Waals surface area contributed by atoms with E-state index in [2.05, 4.69) is 20.2 Å². The van der Waals surface area contributed by atoms with Crippen LogP contribution in [-0.2, 0) is 12.2 Å². The molecule has 0 N–H and O–H groups in total. The van der Waals surface area contributed by atoms with Gasteiger partial charge in [-0.15, -0.1) is 21.5 Å². The van der Waals surface area contributed by atoms with Gasteiger partial charge in [0.05, 0.1) is 22.4 Å². The Bertz CT molecular complexity index is 1290. The fourth-order valence-corrected chi connectivity index (χ4v) is 5.05. The molecule has 5 rings (SSSR count). The van der Waals surface area contributed by atoms with Gasteiger partial charge in [0.2, 0.25) is 11.8 Å². The first-order chi connectivity index (χ1) is 14.7. The summed E-state index contributed by atoms with van der Waals surface area (Å²) in [6.45, 7) is 0. The topological polar surface area (TPSA) is 64.7 Å². The molecule has 0 aliphatic rings. The van der Waals surface area contributed by atoms with Crippen LogP contribution in [0.5, 0.6) is 0 Å². The Morgan fingerprint density at radius 3 is 2.57 bits per heavy atom. The van der Waals surface area contributed by atoms with Crippen LogP contribution < -0.4 is 0 Å². The molecule has 2 aromatic carbocycles. The lowest BCUT2D eigenvalue weighted by Crippen LogP contribution is -1.87. The molecular weight excluding hydrogens is 419 g/mol. The van der Waals surface area contributed by atoms with Crippen LogP contribution in [0.15, 0.2) is 76.4 Å². The van der Waals surface area contributed by atoms with E-state index in [0.29, 0.717) is 24.0 Å². The van der Waals surface area contributed by atoms with Crippen LogP contribution in [-0.4, -0.2) is 20.2 Å². The van der Waals surface area contributed by atoms with Gasteiger partial charge in [0.25, 0.3) is 0 Å². The minimum absolute atomic E-state index is 0.248. The van der Waals surface area contributed by atoms with Crippen molar-refractivity contribution in [3.8, 4) is 10.4 Å². The van der Waals surface area contributed by atoms with E-state index in [1.165, 1.54) is 23.9 Å². The number of thiophene rings is 1. The molecule has 0 radical (unpaired) electrons. The maximum Gasteiger partial charge on any atom is 0.226 e. The predicted molar refractivity (Wildman–Crippen MR) is 116 cm³/mol. The summed E-state index contributed by atoms with van der Waals surface area (Å²) < 4.78 is 20.0. The lowest BCUT2D eigenvalue weighted by atomic mass is 10.2. The van der Waals surface area contributed by atoms with Gasteiger partial charge in [0.15, 0.2) is 0 Å². The average molecular weight is 435 g/mol. The quantitative estimate of drug-likeness (QED) is 0.250. The van der Waals surface area contributed by atoms with E-state index < -0.39 is 0 Å². The van der Waals surface area contributed by atoms with Crippen LogP contribution >= 0.6 is 23.1 Å². The van der Waals surface area contributed by atoms with Crippen molar-refractivity contribution in [2.24, 2.45) is 0 Å². The normalized spacial score (nSPS) is 11.2. The first-order valence-corrected chi connectivity index (χ1v) is 11.0. The Morgan fingerprint density at radius 1 is 0.933 bits per heavy atom. The predicted octanol–water partition coefficient (Wildman–Crippen LogP) is 5.76. The molecule has 0 unspecified atom stereocenters. The van der Waals surface area contributed by atoms with Crippen molar-refractivity contribution in [2.75, 3.05) is 0 Å². The minimum Gasteiger partial charge on any atom is -0.424 e. The highest BCUT2D eigenvalue weighted by molar-refractivity contribution is 7.98. The third kappa shape index (κ3) is 4.10. The van der Waals surface area contributed by atoms with E-state index >= 15 is 0 Å². The molecule has 0 aliphatic heterocycles. The molecule has 0 saturated carbocycles. The molecule has 0 spiro atoms. The molecule has 5 aromatic rings. The summed E-state index contributed by atoms with van der Waals surface area (Å²) in [4.78, 5) is 9.83. The standard InChI is InChI=1S/C22H15FN4OS2/c23-16-8-6-15(7-9-16)18-11-17-21(30-18)22(25-13-24-17)29-12-20-27-26-19(28-20)10-14-4-2-1-3-5-14/h1-9,11,13H,10,12H2. The lowest BCUT2D eigenvalue weighted by Gasteiger charge is -1.99. The summed E-state index contributed by atoms with van der Waals surface area (Å²) in [5, 5.41) is 9.16. The van der Waals surface area contributed by atoms with Gasteiger partial charge in [0, 0.05) is 4.88 Å². The maximum atomic E-state index is 13.2. The molecule has 0 fully saturated rings. The van der Waals surface area contributed by atoms with E-state index in [1.807, 2.05) is 36.4 Å². The number of nitrogens with zero attached hydrogens (tertiary/aromatic N) is 4. The zero-order valence-corrected chi connectivity index (χ0v) is 17.3. The zero-order chi connectivity index (χ0) is 20.3. The molecule has 8 heteroatoms. The molecule has 0 amide bonds. The second-order valence-electron chi connectivity index (χ2n) is 6.55. The average Bonchev–Trinajstić information content (AvgIpc) is 3.40. The third-order valence-electron chi connectivity index (χ3n) is 4.45. The van der Waals surface area contributed by atoms with Crippen LogP contribution in [0.3, 0.4) is 0 Å². The summed E-state index contributed by atoms with van der Waals surface area (Å²) in [7, 11) is 0. The summed E-state index contributed by atoms with van der Waals surface area (Å²) in [5.74, 6) is 1.44. The summed E-state index contributed by atoms with van der Waals surface area (Å²) in [5.41, 5.74) is 2.95. The number of rotatable bonds is 6. The van der Waals surface area contributed by atoms with Crippen LogP contribution in [0.4, 0.5) is 4.39 Å². The molecule has 148 valence electrons. The Kier molecular flexibility index (Phi) is 5.25. The molecule has 3 heterocycles. The summed E-state index contributed by atoms with van der Waals surface area (Å²) in [6, 6.07) is 18.5. The number of hydrogen-bond donors (Lipinski definition) is 0. The maximum absolute atomic E-state index is 13.2. The first-order valence-electron chi connectivity index (χ1n) is 9.23. The van der Waals surface area contributed by atoms with Crippen molar-refractivity contribution in [1.82, 2.24) is 20.2 Å². The summed E-state index contributed by atoms with van der Waals surface area (Å²) >= 11 is 3.13. The SMILES string of the molecule is Fc1ccc(-c2cc3ncnc(SCc4nnc(Cc5ccccc5)o4)c3s2)cc1.